The van der Waals surface area contributed by atoms with Crippen molar-refractivity contribution in [3.63, 3.8) is 0 Å². The van der Waals surface area contributed by atoms with Gasteiger partial charge in [-0.1, -0.05) is 5.16 Å². The third kappa shape index (κ3) is 4.64. The lowest BCUT2D eigenvalue weighted by atomic mass is 10.1. The van der Waals surface area contributed by atoms with Gasteiger partial charge < -0.3 is 24.8 Å². The minimum atomic E-state index is -0.537. The number of rotatable bonds is 6. The van der Waals surface area contributed by atoms with E-state index in [1.807, 2.05) is 13.8 Å². The molecule has 0 aromatic carbocycles. The van der Waals surface area contributed by atoms with Crippen LogP contribution in [0.2, 0.25) is 0 Å². The molecule has 0 unspecified atom stereocenters. The lowest BCUT2D eigenvalue weighted by Gasteiger charge is -2.17. The monoisotopic (exact) mass is 410 g/mol. The molecule has 0 atom stereocenters. The number of carbonyl (C=O) groups is 2. The quantitative estimate of drug-likeness (QED) is 0.552. The zero-order valence-corrected chi connectivity index (χ0v) is 17.5. The van der Waals surface area contributed by atoms with Crippen molar-refractivity contribution in [3.8, 4) is 0 Å². The summed E-state index contributed by atoms with van der Waals surface area (Å²) in [7, 11) is 1.30. The summed E-state index contributed by atoms with van der Waals surface area (Å²) >= 11 is 6.45. The maximum absolute atomic E-state index is 12.8. The topological polar surface area (TPSA) is 96.7 Å². The second kappa shape index (κ2) is 8.96. The van der Waals surface area contributed by atoms with E-state index < -0.39 is 5.97 Å². The maximum atomic E-state index is 12.8. The van der Waals surface area contributed by atoms with Crippen LogP contribution in [0, 0.1) is 13.8 Å². The number of hydrogen-bond acceptors (Lipinski definition) is 7. The van der Waals surface area contributed by atoms with Crippen LogP contribution in [0.5, 0.6) is 0 Å². The number of ether oxygens (including phenoxy) is 1. The van der Waals surface area contributed by atoms with Crippen LogP contribution < -0.4 is 10.6 Å². The van der Waals surface area contributed by atoms with Crippen LogP contribution in [0.3, 0.4) is 0 Å². The molecule has 0 aliphatic rings. The molecule has 0 aliphatic heterocycles. The molecule has 2 N–H and O–H groups in total. The fourth-order valence-corrected chi connectivity index (χ4v) is 3.92. The number of amides is 1. The summed E-state index contributed by atoms with van der Waals surface area (Å²) in [4.78, 5) is 27.2. The van der Waals surface area contributed by atoms with Gasteiger partial charge in [0.15, 0.2) is 10.9 Å². The molecule has 2 heterocycles. The number of aromatic nitrogens is 1. The second-order valence-electron chi connectivity index (χ2n) is 5.63. The maximum Gasteiger partial charge on any atom is 0.341 e. The first kappa shape index (κ1) is 20.8. The Labute approximate surface area is 166 Å². The molecule has 0 spiro atoms. The number of nitrogens with zero attached hydrogens (tertiary/aromatic N) is 2. The zero-order valence-electron chi connectivity index (χ0n) is 15.8. The van der Waals surface area contributed by atoms with Gasteiger partial charge in [0.1, 0.15) is 10.8 Å². The van der Waals surface area contributed by atoms with Crippen molar-refractivity contribution in [3.05, 3.63) is 27.8 Å². The Morgan fingerprint density at radius 1 is 1.30 bits per heavy atom. The molecule has 27 heavy (non-hydrogen) atoms. The zero-order chi connectivity index (χ0) is 20.1. The van der Waals surface area contributed by atoms with E-state index in [1.54, 1.807) is 24.8 Å². The van der Waals surface area contributed by atoms with Crippen LogP contribution >= 0.6 is 23.6 Å². The highest BCUT2D eigenvalue weighted by Crippen LogP contribution is 2.34. The van der Waals surface area contributed by atoms with Gasteiger partial charge in [0.2, 0.25) is 0 Å². The number of hydrogen-bond donors (Lipinski definition) is 2. The van der Waals surface area contributed by atoms with Gasteiger partial charge in [-0.3, -0.25) is 4.79 Å². The lowest BCUT2D eigenvalue weighted by Crippen LogP contribution is -2.30. The largest absolute Gasteiger partial charge is 0.465 e. The fraction of sp³-hybridized carbons (Fsp3) is 0.412. The van der Waals surface area contributed by atoms with Crippen molar-refractivity contribution >= 4 is 51.4 Å². The molecule has 2 rings (SSSR count). The average Bonchev–Trinajstić information content (AvgIpc) is 3.18. The molecule has 0 aliphatic carbocycles. The Morgan fingerprint density at radius 3 is 2.48 bits per heavy atom. The van der Waals surface area contributed by atoms with E-state index >= 15 is 0 Å². The van der Waals surface area contributed by atoms with Crippen LogP contribution in [0.25, 0.3) is 0 Å². The van der Waals surface area contributed by atoms with Crippen LogP contribution in [-0.2, 0) is 4.74 Å². The van der Waals surface area contributed by atoms with Gasteiger partial charge in [0, 0.05) is 19.2 Å². The minimum absolute atomic E-state index is 0.133. The number of aryl methyl sites for hydroxylation is 1. The van der Waals surface area contributed by atoms with Crippen molar-refractivity contribution in [2.24, 2.45) is 0 Å². The Bertz CT molecular complexity index is 855. The summed E-state index contributed by atoms with van der Waals surface area (Å²) in [6.07, 6.45) is 0. The number of thiocarbonyl (C=S) groups is 1. The smallest absolute Gasteiger partial charge is 0.341 e. The van der Waals surface area contributed by atoms with Gasteiger partial charge >= 0.3 is 5.97 Å². The SMILES string of the molecule is CCN(CC)C(=O)c1sc(NC(=S)Nc2cc(C)on2)c(C(=O)OC)c1C. The molecule has 10 heteroatoms. The van der Waals surface area contributed by atoms with Crippen molar-refractivity contribution in [2.45, 2.75) is 27.7 Å². The predicted molar refractivity (Wildman–Crippen MR) is 109 cm³/mol. The molecule has 2 aromatic heterocycles. The van der Waals surface area contributed by atoms with Crippen molar-refractivity contribution in [1.82, 2.24) is 10.1 Å². The molecule has 1 amide bonds. The molecule has 2 aromatic rings. The Morgan fingerprint density at radius 2 is 1.96 bits per heavy atom. The van der Waals surface area contributed by atoms with E-state index in [-0.39, 0.29) is 11.0 Å². The highest BCUT2D eigenvalue weighted by atomic mass is 32.1. The number of thiophene rings is 1. The van der Waals surface area contributed by atoms with Gasteiger partial charge in [-0.2, -0.15) is 0 Å². The Kier molecular flexibility index (Phi) is 6.92. The van der Waals surface area contributed by atoms with E-state index in [9.17, 15) is 9.59 Å². The van der Waals surface area contributed by atoms with Crippen molar-refractivity contribution in [1.29, 1.82) is 0 Å². The summed E-state index contributed by atoms with van der Waals surface area (Å²) in [6.45, 7) is 8.45. The first-order valence-corrected chi connectivity index (χ1v) is 9.57. The minimum Gasteiger partial charge on any atom is -0.465 e. The molecule has 0 saturated heterocycles. The van der Waals surface area contributed by atoms with E-state index in [4.69, 9.17) is 21.5 Å². The van der Waals surface area contributed by atoms with Gasteiger partial charge in [0.25, 0.3) is 5.91 Å². The highest BCUT2D eigenvalue weighted by molar-refractivity contribution is 7.80. The van der Waals surface area contributed by atoms with Gasteiger partial charge in [-0.25, -0.2) is 4.79 Å². The molecule has 0 bridgehead atoms. The second-order valence-corrected chi connectivity index (χ2v) is 7.06. The average molecular weight is 411 g/mol. The van der Waals surface area contributed by atoms with Crippen molar-refractivity contribution in [2.75, 3.05) is 30.8 Å². The number of nitrogens with one attached hydrogen (secondary N) is 2. The first-order valence-electron chi connectivity index (χ1n) is 8.34. The van der Waals surface area contributed by atoms with E-state index in [1.165, 1.54) is 18.4 Å². The number of carbonyl (C=O) groups excluding carboxylic acids is 2. The van der Waals surface area contributed by atoms with Crippen molar-refractivity contribution < 1.29 is 18.8 Å². The van der Waals surface area contributed by atoms with E-state index in [0.29, 0.717) is 45.7 Å². The van der Waals surface area contributed by atoms with Gasteiger partial charge in [0.05, 0.1) is 17.6 Å². The summed E-state index contributed by atoms with van der Waals surface area (Å²) in [6, 6.07) is 1.68. The molecule has 146 valence electrons. The Balaban J connectivity index is 2.33. The predicted octanol–water partition coefficient (Wildman–Crippen LogP) is 3.43. The van der Waals surface area contributed by atoms with Gasteiger partial charge in [-0.05, 0) is 45.5 Å². The molecule has 0 fully saturated rings. The fourth-order valence-electron chi connectivity index (χ4n) is 2.48. The van der Waals surface area contributed by atoms with Crippen LogP contribution in [0.1, 0.15) is 45.2 Å². The van der Waals surface area contributed by atoms with Crippen LogP contribution in [-0.4, -0.2) is 47.2 Å². The normalized spacial score (nSPS) is 10.4. The first-order chi connectivity index (χ1) is 12.8. The molecule has 0 radical (unpaired) electrons. The van der Waals surface area contributed by atoms with Crippen LogP contribution in [0.15, 0.2) is 10.6 Å². The molecular formula is C17H22N4O4S2. The summed E-state index contributed by atoms with van der Waals surface area (Å²) in [5, 5.41) is 10.3. The Hall–Kier alpha value is -2.46. The number of anilines is 2. The molecule has 8 nitrogen and oxygen atoms in total. The van der Waals surface area contributed by atoms with Gasteiger partial charge in [-0.15, -0.1) is 11.3 Å². The number of methoxy groups -OCH3 is 1. The third-order valence-corrected chi connectivity index (χ3v) is 5.28. The number of esters is 1. The summed E-state index contributed by atoms with van der Waals surface area (Å²) in [5.41, 5.74) is 0.852. The summed E-state index contributed by atoms with van der Waals surface area (Å²) < 4.78 is 9.86. The van der Waals surface area contributed by atoms with Crippen LogP contribution in [0.4, 0.5) is 10.8 Å². The highest BCUT2D eigenvalue weighted by Gasteiger charge is 2.27. The third-order valence-electron chi connectivity index (χ3n) is 3.88. The lowest BCUT2D eigenvalue weighted by molar-refractivity contribution is 0.0601. The standard InChI is InChI=1S/C17H22N4O4S2/c1-6-21(7-2)15(22)13-10(4)12(16(23)24-5)14(27-13)19-17(26)18-11-8-9(3)25-20-11/h8H,6-7H2,1-5H3,(H2,18,19,20,26). The summed E-state index contributed by atoms with van der Waals surface area (Å²) in [5.74, 6) is 0.406. The molecular weight excluding hydrogens is 388 g/mol. The van der Waals surface area contributed by atoms with E-state index in [2.05, 4.69) is 15.8 Å². The molecule has 0 saturated carbocycles. The van der Waals surface area contributed by atoms with E-state index in [0.717, 1.165) is 0 Å².